The van der Waals surface area contributed by atoms with Gasteiger partial charge in [0.05, 0.1) is 13.2 Å². The maximum Gasteiger partial charge on any atom is 0.251 e. The molecular formula is C25H36IN5O2. The van der Waals surface area contributed by atoms with Gasteiger partial charge in [0.1, 0.15) is 5.75 Å². The Morgan fingerprint density at radius 3 is 2.45 bits per heavy atom. The number of carbonyl (C=O) groups excluding carboxylic acids is 1. The van der Waals surface area contributed by atoms with Gasteiger partial charge in [0, 0.05) is 32.2 Å². The molecule has 0 aromatic heterocycles. The zero-order valence-corrected chi connectivity index (χ0v) is 21.9. The van der Waals surface area contributed by atoms with Gasteiger partial charge in [-0.25, -0.2) is 0 Å². The van der Waals surface area contributed by atoms with Crippen LogP contribution in [0.15, 0.2) is 59.6 Å². The monoisotopic (exact) mass is 565 g/mol. The van der Waals surface area contributed by atoms with E-state index in [0.717, 1.165) is 44.3 Å². The molecule has 0 radical (unpaired) electrons. The number of nitrogens with one attached hydrogen (secondary N) is 3. The molecule has 1 heterocycles. The minimum Gasteiger partial charge on any atom is -0.497 e. The van der Waals surface area contributed by atoms with Crippen LogP contribution in [0.3, 0.4) is 0 Å². The summed E-state index contributed by atoms with van der Waals surface area (Å²) < 4.78 is 5.43. The number of benzene rings is 2. The SMILES string of the molecule is CN=C(NCCCNC(=O)c1ccccc1)NCC(c1cccc(OC)c1)N1CCCC1.I. The Morgan fingerprint density at radius 1 is 1.03 bits per heavy atom. The van der Waals surface area contributed by atoms with E-state index in [1.54, 1.807) is 14.2 Å². The Morgan fingerprint density at radius 2 is 1.76 bits per heavy atom. The van der Waals surface area contributed by atoms with E-state index in [4.69, 9.17) is 4.74 Å². The van der Waals surface area contributed by atoms with Gasteiger partial charge in [-0.05, 0) is 62.2 Å². The molecule has 3 N–H and O–H groups in total. The highest BCUT2D eigenvalue weighted by Crippen LogP contribution is 2.27. The zero-order chi connectivity index (χ0) is 22.6. The highest BCUT2D eigenvalue weighted by Gasteiger charge is 2.24. The van der Waals surface area contributed by atoms with Crippen molar-refractivity contribution in [2.45, 2.75) is 25.3 Å². The predicted molar refractivity (Wildman–Crippen MR) is 145 cm³/mol. The number of carbonyl (C=O) groups is 1. The van der Waals surface area contributed by atoms with E-state index in [1.807, 2.05) is 42.5 Å². The third kappa shape index (κ3) is 8.51. The second kappa shape index (κ2) is 14.7. The van der Waals surface area contributed by atoms with Crippen LogP contribution in [0, 0.1) is 0 Å². The lowest BCUT2D eigenvalue weighted by Gasteiger charge is -2.29. The molecule has 1 aliphatic rings. The van der Waals surface area contributed by atoms with Gasteiger partial charge in [-0.15, -0.1) is 24.0 Å². The molecule has 1 atom stereocenters. The van der Waals surface area contributed by atoms with Crippen molar-refractivity contribution in [3.8, 4) is 5.75 Å². The van der Waals surface area contributed by atoms with Crippen molar-refractivity contribution in [3.63, 3.8) is 0 Å². The summed E-state index contributed by atoms with van der Waals surface area (Å²) in [7, 11) is 3.49. The summed E-state index contributed by atoms with van der Waals surface area (Å²) in [5.74, 6) is 1.61. The number of hydrogen-bond donors (Lipinski definition) is 3. The number of ether oxygens (including phenoxy) is 1. The average molecular weight is 566 g/mol. The molecule has 1 saturated heterocycles. The molecule has 2 aromatic rings. The first kappa shape index (κ1) is 26.9. The Labute approximate surface area is 214 Å². The van der Waals surface area contributed by atoms with Crippen molar-refractivity contribution >= 4 is 35.8 Å². The summed E-state index contributed by atoms with van der Waals surface area (Å²) in [6, 6.07) is 17.9. The molecular weight excluding hydrogens is 529 g/mol. The molecule has 33 heavy (non-hydrogen) atoms. The first-order valence-electron chi connectivity index (χ1n) is 11.4. The number of hydrogen-bond acceptors (Lipinski definition) is 4. The first-order valence-corrected chi connectivity index (χ1v) is 11.4. The molecule has 1 amide bonds. The number of halogens is 1. The number of amides is 1. The van der Waals surface area contributed by atoms with Crippen LogP contribution in [-0.2, 0) is 0 Å². The van der Waals surface area contributed by atoms with Gasteiger partial charge in [0.25, 0.3) is 5.91 Å². The largest absolute Gasteiger partial charge is 0.497 e. The average Bonchev–Trinajstić information content (AvgIpc) is 3.38. The van der Waals surface area contributed by atoms with Gasteiger partial charge < -0.3 is 20.7 Å². The van der Waals surface area contributed by atoms with Crippen LogP contribution in [0.25, 0.3) is 0 Å². The number of aliphatic imine (C=N–C) groups is 1. The minimum absolute atomic E-state index is 0. The van der Waals surface area contributed by atoms with E-state index in [2.05, 4.69) is 38.0 Å². The Bertz CT molecular complexity index is 872. The Hall–Kier alpha value is -2.33. The maximum atomic E-state index is 12.1. The predicted octanol–water partition coefficient (Wildman–Crippen LogP) is 3.44. The smallest absolute Gasteiger partial charge is 0.251 e. The van der Waals surface area contributed by atoms with E-state index in [0.29, 0.717) is 12.1 Å². The van der Waals surface area contributed by atoms with Crippen molar-refractivity contribution < 1.29 is 9.53 Å². The zero-order valence-electron chi connectivity index (χ0n) is 19.5. The first-order chi connectivity index (χ1) is 15.7. The van der Waals surface area contributed by atoms with E-state index in [1.165, 1.54) is 18.4 Å². The van der Waals surface area contributed by atoms with Crippen molar-refractivity contribution in [2.75, 3.05) is 46.9 Å². The van der Waals surface area contributed by atoms with E-state index in [-0.39, 0.29) is 35.9 Å². The molecule has 1 unspecified atom stereocenters. The third-order valence-corrected chi connectivity index (χ3v) is 5.71. The molecule has 8 heteroatoms. The van der Waals surface area contributed by atoms with Gasteiger partial charge in [-0.1, -0.05) is 30.3 Å². The fraction of sp³-hybridized carbons (Fsp3) is 0.440. The summed E-state index contributed by atoms with van der Waals surface area (Å²) in [6.07, 6.45) is 3.29. The summed E-state index contributed by atoms with van der Waals surface area (Å²) in [6.45, 7) is 4.31. The van der Waals surface area contributed by atoms with Gasteiger partial charge in [0.15, 0.2) is 5.96 Å². The highest BCUT2D eigenvalue weighted by atomic mass is 127. The standard InChI is InChI=1S/C25H35N5O2.HI/c1-26-25(28-15-9-14-27-24(31)20-10-4-3-5-11-20)29-19-23(30-16-6-7-17-30)21-12-8-13-22(18-21)32-2;/h3-5,8,10-13,18,23H,6-7,9,14-17,19H2,1-2H3,(H,27,31)(H2,26,28,29);1H. The molecule has 180 valence electrons. The van der Waals surface area contributed by atoms with Crippen LogP contribution in [0.1, 0.15) is 41.2 Å². The van der Waals surface area contributed by atoms with E-state index >= 15 is 0 Å². The van der Waals surface area contributed by atoms with Crippen molar-refractivity contribution in [2.24, 2.45) is 4.99 Å². The van der Waals surface area contributed by atoms with E-state index in [9.17, 15) is 4.79 Å². The molecule has 1 aliphatic heterocycles. The number of likely N-dealkylation sites (tertiary alicyclic amines) is 1. The molecule has 2 aromatic carbocycles. The molecule has 7 nitrogen and oxygen atoms in total. The number of methoxy groups -OCH3 is 1. The summed E-state index contributed by atoms with van der Waals surface area (Å²) in [5, 5.41) is 9.78. The lowest BCUT2D eigenvalue weighted by molar-refractivity contribution is 0.0953. The second-order valence-electron chi connectivity index (χ2n) is 7.89. The van der Waals surface area contributed by atoms with Crippen LogP contribution in [0.5, 0.6) is 5.75 Å². The minimum atomic E-state index is -0.0418. The lowest BCUT2D eigenvalue weighted by atomic mass is 10.1. The van der Waals surface area contributed by atoms with Crippen LogP contribution in [-0.4, -0.2) is 63.6 Å². The van der Waals surface area contributed by atoms with Crippen LogP contribution in [0.2, 0.25) is 0 Å². The summed E-state index contributed by atoms with van der Waals surface area (Å²) in [4.78, 5) is 19.0. The molecule has 0 saturated carbocycles. The topological polar surface area (TPSA) is 78.0 Å². The Balaban J connectivity index is 0.00000385. The number of rotatable bonds is 10. The summed E-state index contributed by atoms with van der Waals surface area (Å²) in [5.41, 5.74) is 1.93. The quantitative estimate of drug-likeness (QED) is 0.178. The van der Waals surface area contributed by atoms with Gasteiger partial charge in [0.2, 0.25) is 0 Å². The number of nitrogens with zero attached hydrogens (tertiary/aromatic N) is 2. The normalized spacial score (nSPS) is 14.8. The van der Waals surface area contributed by atoms with Gasteiger partial charge >= 0.3 is 0 Å². The van der Waals surface area contributed by atoms with Crippen molar-refractivity contribution in [3.05, 3.63) is 65.7 Å². The van der Waals surface area contributed by atoms with Gasteiger partial charge in [-0.3, -0.25) is 14.7 Å². The number of guanidine groups is 1. The van der Waals surface area contributed by atoms with Crippen molar-refractivity contribution in [1.29, 1.82) is 0 Å². The molecule has 0 spiro atoms. The third-order valence-electron chi connectivity index (χ3n) is 5.71. The second-order valence-corrected chi connectivity index (χ2v) is 7.89. The van der Waals surface area contributed by atoms with Crippen LogP contribution < -0.4 is 20.7 Å². The highest BCUT2D eigenvalue weighted by molar-refractivity contribution is 14.0. The summed E-state index contributed by atoms with van der Waals surface area (Å²) >= 11 is 0. The van der Waals surface area contributed by atoms with Crippen LogP contribution in [0.4, 0.5) is 0 Å². The van der Waals surface area contributed by atoms with Crippen molar-refractivity contribution in [1.82, 2.24) is 20.9 Å². The molecule has 1 fully saturated rings. The van der Waals surface area contributed by atoms with Gasteiger partial charge in [-0.2, -0.15) is 0 Å². The maximum absolute atomic E-state index is 12.1. The fourth-order valence-electron chi connectivity index (χ4n) is 3.96. The molecule has 3 rings (SSSR count). The molecule has 0 bridgehead atoms. The Kier molecular flexibility index (Phi) is 12.0. The molecule has 0 aliphatic carbocycles. The lowest BCUT2D eigenvalue weighted by Crippen LogP contribution is -2.43. The van der Waals surface area contributed by atoms with E-state index < -0.39 is 0 Å². The van der Waals surface area contributed by atoms with Crippen LogP contribution >= 0.6 is 24.0 Å². The fourth-order valence-corrected chi connectivity index (χ4v) is 3.96.